The number of nitrogens with one attached hydrogen (secondary N) is 1. The van der Waals surface area contributed by atoms with Crippen LogP contribution in [0.5, 0.6) is 5.75 Å². The Balaban J connectivity index is 2.04. The molecule has 0 spiro atoms. The van der Waals surface area contributed by atoms with Crippen molar-refractivity contribution in [2.24, 2.45) is 0 Å². The van der Waals surface area contributed by atoms with E-state index in [0.717, 1.165) is 5.56 Å². The van der Waals surface area contributed by atoms with E-state index in [9.17, 15) is 18.3 Å². The van der Waals surface area contributed by atoms with Gasteiger partial charge >= 0.3 is 0 Å². The molecule has 1 amide bonds. The van der Waals surface area contributed by atoms with Crippen molar-refractivity contribution in [2.45, 2.75) is 45.6 Å². The van der Waals surface area contributed by atoms with E-state index >= 15 is 0 Å². The summed E-state index contributed by atoms with van der Waals surface area (Å²) >= 11 is 0. The lowest BCUT2D eigenvalue weighted by Crippen LogP contribution is -2.39. The number of rotatable bonds is 6. The summed E-state index contributed by atoms with van der Waals surface area (Å²) in [5.41, 5.74) is 1.23. The number of hydrogen-bond donors (Lipinski definition) is 2. The van der Waals surface area contributed by atoms with E-state index in [4.69, 9.17) is 0 Å². The number of sulfonamides is 1. The number of phenols is 1. The first-order valence-corrected chi connectivity index (χ1v) is 10.0. The fourth-order valence-electron chi connectivity index (χ4n) is 2.88. The summed E-state index contributed by atoms with van der Waals surface area (Å²) in [6.45, 7) is 6.65. The van der Waals surface area contributed by atoms with E-state index in [2.05, 4.69) is 4.72 Å². The number of likely N-dealkylation sites (tertiary alicyclic amines) is 1. The van der Waals surface area contributed by atoms with E-state index in [0.29, 0.717) is 25.9 Å². The van der Waals surface area contributed by atoms with Crippen LogP contribution in [0, 0.1) is 0 Å². The molecule has 0 aromatic heterocycles. The number of hydrogen-bond acceptors (Lipinski definition) is 4. The summed E-state index contributed by atoms with van der Waals surface area (Å²) in [7, 11) is -3.29. The van der Waals surface area contributed by atoms with Crippen LogP contribution in [0.25, 0.3) is 0 Å². The normalized spacial score (nSPS) is 18.3. The highest BCUT2D eigenvalue weighted by atomic mass is 32.2. The number of carbonyl (C=O) groups excluding carboxylic acids is 1. The van der Waals surface area contributed by atoms with Crippen LogP contribution in [0.2, 0.25) is 0 Å². The van der Waals surface area contributed by atoms with Gasteiger partial charge in [0.2, 0.25) is 10.0 Å². The van der Waals surface area contributed by atoms with Gasteiger partial charge in [0.15, 0.2) is 0 Å². The standard InChI is InChI=1S/C17H26N2O4S/c1-4-9-24(22,23)18-14-7-8-19(11-14)17(21)15-6-5-13(12(2)3)10-16(15)20/h5-6,10,12,14,18,20H,4,7-9,11H2,1-3H3/t14-/m0/s1. The minimum Gasteiger partial charge on any atom is -0.507 e. The van der Waals surface area contributed by atoms with Crippen LogP contribution in [0.4, 0.5) is 0 Å². The third-order valence-electron chi connectivity index (χ3n) is 4.21. The van der Waals surface area contributed by atoms with Gasteiger partial charge in [0.25, 0.3) is 5.91 Å². The summed E-state index contributed by atoms with van der Waals surface area (Å²) in [4.78, 5) is 14.2. The third kappa shape index (κ3) is 4.48. The van der Waals surface area contributed by atoms with Gasteiger partial charge in [0.05, 0.1) is 11.3 Å². The highest BCUT2D eigenvalue weighted by Crippen LogP contribution is 2.26. The molecular formula is C17H26N2O4S. The summed E-state index contributed by atoms with van der Waals surface area (Å²) < 4.78 is 26.3. The van der Waals surface area contributed by atoms with E-state index in [1.807, 2.05) is 26.8 Å². The predicted molar refractivity (Wildman–Crippen MR) is 93.7 cm³/mol. The average molecular weight is 354 g/mol. The molecule has 2 rings (SSSR count). The van der Waals surface area contributed by atoms with Crippen LogP contribution in [0.1, 0.15) is 55.5 Å². The lowest BCUT2D eigenvalue weighted by molar-refractivity contribution is 0.0787. The molecule has 0 bridgehead atoms. The largest absolute Gasteiger partial charge is 0.507 e. The van der Waals surface area contributed by atoms with Crippen LogP contribution < -0.4 is 4.72 Å². The Morgan fingerprint density at radius 3 is 2.71 bits per heavy atom. The Morgan fingerprint density at radius 2 is 2.12 bits per heavy atom. The lowest BCUT2D eigenvalue weighted by Gasteiger charge is -2.18. The topological polar surface area (TPSA) is 86.7 Å². The third-order valence-corrected chi connectivity index (χ3v) is 5.85. The van der Waals surface area contributed by atoms with Crippen LogP contribution in [-0.4, -0.2) is 49.2 Å². The maximum atomic E-state index is 12.6. The maximum absolute atomic E-state index is 12.6. The van der Waals surface area contributed by atoms with Gasteiger partial charge < -0.3 is 10.0 Å². The van der Waals surface area contributed by atoms with E-state index in [-0.39, 0.29) is 34.9 Å². The molecule has 1 heterocycles. The van der Waals surface area contributed by atoms with Crippen LogP contribution in [0.3, 0.4) is 0 Å². The van der Waals surface area contributed by atoms with Gasteiger partial charge in [-0.15, -0.1) is 0 Å². The van der Waals surface area contributed by atoms with Crippen molar-refractivity contribution < 1.29 is 18.3 Å². The fourth-order valence-corrected chi connectivity index (χ4v) is 4.24. The summed E-state index contributed by atoms with van der Waals surface area (Å²) in [6.07, 6.45) is 1.14. The molecule has 0 radical (unpaired) electrons. The lowest BCUT2D eigenvalue weighted by atomic mass is 10.0. The Morgan fingerprint density at radius 1 is 1.42 bits per heavy atom. The van der Waals surface area contributed by atoms with Crippen LogP contribution in [0.15, 0.2) is 18.2 Å². The Kier molecular flexibility index (Phi) is 5.87. The molecule has 0 unspecified atom stereocenters. The Labute approximate surface area is 143 Å². The Bertz CT molecular complexity index is 701. The van der Waals surface area contributed by atoms with E-state index in [1.165, 1.54) is 0 Å². The SMILES string of the molecule is CCCS(=O)(=O)N[C@H]1CCN(C(=O)c2ccc(C(C)C)cc2O)C1. The molecule has 24 heavy (non-hydrogen) atoms. The monoisotopic (exact) mass is 354 g/mol. The quantitative estimate of drug-likeness (QED) is 0.819. The van der Waals surface area contributed by atoms with Gasteiger partial charge in [-0.05, 0) is 36.5 Å². The zero-order valence-corrected chi connectivity index (χ0v) is 15.3. The number of benzene rings is 1. The van der Waals surface area contributed by atoms with Crippen LogP contribution in [-0.2, 0) is 10.0 Å². The van der Waals surface area contributed by atoms with E-state index in [1.54, 1.807) is 17.0 Å². The number of aromatic hydroxyl groups is 1. The van der Waals surface area contributed by atoms with Crippen molar-refractivity contribution in [2.75, 3.05) is 18.8 Å². The molecule has 1 fully saturated rings. The van der Waals surface area contributed by atoms with E-state index < -0.39 is 10.0 Å². The molecule has 1 aromatic carbocycles. The Hall–Kier alpha value is -1.60. The van der Waals surface area contributed by atoms with Gasteiger partial charge in [-0.2, -0.15) is 0 Å². The molecule has 0 aliphatic carbocycles. The van der Waals surface area contributed by atoms with Crippen molar-refractivity contribution >= 4 is 15.9 Å². The molecule has 1 aliphatic rings. The molecule has 1 atom stereocenters. The zero-order chi connectivity index (χ0) is 17.9. The van der Waals surface area contributed by atoms with Crippen molar-refractivity contribution in [3.8, 4) is 5.75 Å². The molecule has 134 valence electrons. The predicted octanol–water partition coefficient (Wildman–Crippen LogP) is 2.06. The first-order chi connectivity index (χ1) is 11.2. The van der Waals surface area contributed by atoms with Crippen molar-refractivity contribution in [3.05, 3.63) is 29.3 Å². The molecule has 6 nitrogen and oxygen atoms in total. The molecule has 1 aliphatic heterocycles. The van der Waals surface area contributed by atoms with Gasteiger partial charge in [-0.3, -0.25) is 4.79 Å². The van der Waals surface area contributed by atoms with Gasteiger partial charge in [-0.1, -0.05) is 26.8 Å². The number of phenolic OH excluding ortho intramolecular Hbond substituents is 1. The first kappa shape index (κ1) is 18.7. The second-order valence-electron chi connectivity index (χ2n) is 6.60. The molecule has 1 saturated heterocycles. The van der Waals surface area contributed by atoms with Crippen molar-refractivity contribution in [1.29, 1.82) is 0 Å². The molecule has 7 heteroatoms. The zero-order valence-electron chi connectivity index (χ0n) is 14.4. The van der Waals surface area contributed by atoms with Gasteiger partial charge in [0.1, 0.15) is 5.75 Å². The molecule has 0 saturated carbocycles. The minimum atomic E-state index is -3.29. The van der Waals surface area contributed by atoms with Crippen LogP contribution >= 0.6 is 0 Å². The average Bonchev–Trinajstić information content (AvgIpc) is 2.93. The number of nitrogens with zero attached hydrogens (tertiary/aromatic N) is 1. The smallest absolute Gasteiger partial charge is 0.257 e. The highest BCUT2D eigenvalue weighted by Gasteiger charge is 2.30. The summed E-state index contributed by atoms with van der Waals surface area (Å²) in [5.74, 6) is 0.0694. The second kappa shape index (κ2) is 7.53. The first-order valence-electron chi connectivity index (χ1n) is 8.35. The fraction of sp³-hybridized carbons (Fsp3) is 0.588. The van der Waals surface area contributed by atoms with Gasteiger partial charge in [-0.25, -0.2) is 13.1 Å². The summed E-state index contributed by atoms with van der Waals surface area (Å²) in [6, 6.07) is 4.84. The molecule has 2 N–H and O–H groups in total. The minimum absolute atomic E-state index is 0.0267. The van der Waals surface area contributed by atoms with Gasteiger partial charge in [0, 0.05) is 19.1 Å². The second-order valence-corrected chi connectivity index (χ2v) is 8.48. The number of amides is 1. The highest BCUT2D eigenvalue weighted by molar-refractivity contribution is 7.89. The number of carbonyl (C=O) groups is 1. The maximum Gasteiger partial charge on any atom is 0.257 e. The van der Waals surface area contributed by atoms with Crippen molar-refractivity contribution in [3.63, 3.8) is 0 Å². The van der Waals surface area contributed by atoms with Crippen molar-refractivity contribution in [1.82, 2.24) is 9.62 Å². The summed E-state index contributed by atoms with van der Waals surface area (Å²) in [5, 5.41) is 10.1. The molecular weight excluding hydrogens is 328 g/mol. The molecule has 1 aromatic rings.